The Kier molecular flexibility index (Phi) is 3.94. The Morgan fingerprint density at radius 3 is 2.50 bits per heavy atom. The maximum Gasteiger partial charge on any atom is 0.211 e. The normalized spacial score (nSPS) is 10.9. The van der Waals surface area contributed by atoms with E-state index in [4.69, 9.17) is 11.5 Å². The van der Waals surface area contributed by atoms with Crippen LogP contribution in [0, 0.1) is 0 Å². The number of allylic oxidation sites excluding steroid dienone is 1. The average molecular weight is 188 g/mol. The summed E-state index contributed by atoms with van der Waals surface area (Å²) in [4.78, 5) is 0. The van der Waals surface area contributed by atoms with Crippen LogP contribution in [0.25, 0.3) is 6.08 Å². The molecular weight excluding hydrogens is 176 g/mol. The van der Waals surface area contributed by atoms with Crippen molar-refractivity contribution in [3.8, 4) is 0 Å². The van der Waals surface area contributed by atoms with Gasteiger partial charge < -0.3 is 11.5 Å². The molecule has 0 bridgehead atoms. The van der Waals surface area contributed by atoms with Gasteiger partial charge in [-0.2, -0.15) is 5.10 Å². The van der Waals surface area contributed by atoms with Gasteiger partial charge >= 0.3 is 0 Å². The van der Waals surface area contributed by atoms with Crippen molar-refractivity contribution in [2.75, 3.05) is 0 Å². The summed E-state index contributed by atoms with van der Waals surface area (Å²) < 4.78 is 0. The monoisotopic (exact) mass is 188 g/mol. The van der Waals surface area contributed by atoms with E-state index < -0.39 is 0 Å². The summed E-state index contributed by atoms with van der Waals surface area (Å²) >= 11 is 0. The molecule has 0 saturated heterocycles. The molecule has 0 aliphatic carbocycles. The van der Waals surface area contributed by atoms with Crippen LogP contribution in [0.15, 0.2) is 46.6 Å². The first-order valence-electron chi connectivity index (χ1n) is 4.13. The first-order valence-corrected chi connectivity index (χ1v) is 4.13. The SMILES string of the molecule is NC(N)=N/N=C\C=C\c1ccccc1. The number of rotatable bonds is 3. The molecule has 1 aromatic rings. The largest absolute Gasteiger partial charge is 0.369 e. The maximum atomic E-state index is 5.08. The predicted octanol–water partition coefficient (Wildman–Crippen LogP) is 0.959. The molecule has 0 unspecified atom stereocenters. The van der Waals surface area contributed by atoms with Crippen LogP contribution in [0.5, 0.6) is 0 Å². The van der Waals surface area contributed by atoms with Crippen LogP contribution < -0.4 is 11.5 Å². The molecule has 0 aliphatic rings. The fourth-order valence-electron chi connectivity index (χ4n) is 0.857. The zero-order valence-electron chi connectivity index (χ0n) is 7.67. The topological polar surface area (TPSA) is 76.8 Å². The number of nitrogens with two attached hydrogens (primary N) is 2. The van der Waals surface area contributed by atoms with Gasteiger partial charge in [0.15, 0.2) is 0 Å². The standard InChI is InChI=1S/C10H12N4/c11-10(12)14-13-8-4-7-9-5-2-1-3-6-9/h1-8H,(H4,11,12,14)/b7-4+,13-8-. The molecule has 1 rings (SSSR count). The third kappa shape index (κ3) is 4.06. The van der Waals surface area contributed by atoms with Gasteiger partial charge in [-0.05, 0) is 11.6 Å². The number of guanidine groups is 1. The molecule has 1 aromatic carbocycles. The van der Waals surface area contributed by atoms with Gasteiger partial charge in [-0.25, -0.2) is 0 Å². The van der Waals surface area contributed by atoms with Crippen LogP contribution in [0.2, 0.25) is 0 Å². The second-order valence-electron chi connectivity index (χ2n) is 2.56. The summed E-state index contributed by atoms with van der Waals surface area (Å²) in [7, 11) is 0. The summed E-state index contributed by atoms with van der Waals surface area (Å²) in [6, 6.07) is 9.88. The minimum absolute atomic E-state index is 0.0469. The Hall–Kier alpha value is -2.10. The van der Waals surface area contributed by atoms with E-state index in [1.807, 2.05) is 36.4 Å². The van der Waals surface area contributed by atoms with Gasteiger partial charge in [0.05, 0.1) is 0 Å². The molecule has 0 atom stereocenters. The van der Waals surface area contributed by atoms with Crippen molar-refractivity contribution < 1.29 is 0 Å². The van der Waals surface area contributed by atoms with Crippen LogP contribution in [0.1, 0.15) is 5.56 Å². The van der Waals surface area contributed by atoms with E-state index in [0.29, 0.717) is 0 Å². The van der Waals surface area contributed by atoms with E-state index >= 15 is 0 Å². The first-order chi connectivity index (χ1) is 6.79. The summed E-state index contributed by atoms with van der Waals surface area (Å²) in [5, 5.41) is 7.06. The third-order valence-electron chi connectivity index (χ3n) is 1.41. The van der Waals surface area contributed by atoms with Crippen molar-refractivity contribution in [3.05, 3.63) is 42.0 Å². The highest BCUT2D eigenvalue weighted by Gasteiger charge is 1.79. The van der Waals surface area contributed by atoms with Gasteiger partial charge in [-0.15, -0.1) is 5.10 Å². The smallest absolute Gasteiger partial charge is 0.211 e. The molecule has 4 N–H and O–H groups in total. The highest BCUT2D eigenvalue weighted by Crippen LogP contribution is 1.99. The van der Waals surface area contributed by atoms with Gasteiger partial charge in [0.2, 0.25) is 5.96 Å². The fraction of sp³-hybridized carbons (Fsp3) is 0. The van der Waals surface area contributed by atoms with E-state index in [0.717, 1.165) is 5.56 Å². The van der Waals surface area contributed by atoms with Crippen LogP contribution in [0.3, 0.4) is 0 Å². The van der Waals surface area contributed by atoms with Gasteiger partial charge in [-0.1, -0.05) is 36.4 Å². The van der Waals surface area contributed by atoms with Crippen molar-refractivity contribution in [1.29, 1.82) is 0 Å². The van der Waals surface area contributed by atoms with E-state index in [9.17, 15) is 0 Å². The number of nitrogens with zero attached hydrogens (tertiary/aromatic N) is 2. The molecule has 0 radical (unpaired) electrons. The zero-order chi connectivity index (χ0) is 10.2. The lowest BCUT2D eigenvalue weighted by molar-refractivity contribution is 1.22. The van der Waals surface area contributed by atoms with Crippen molar-refractivity contribution in [2.45, 2.75) is 0 Å². The molecule has 0 saturated carbocycles. The summed E-state index contributed by atoms with van der Waals surface area (Å²) in [6.45, 7) is 0. The molecule has 0 amide bonds. The second-order valence-corrected chi connectivity index (χ2v) is 2.56. The zero-order valence-corrected chi connectivity index (χ0v) is 7.67. The Bertz CT molecular complexity index is 348. The molecule has 0 spiro atoms. The maximum absolute atomic E-state index is 5.08. The molecule has 0 aliphatic heterocycles. The Balaban J connectivity index is 2.50. The molecule has 4 heteroatoms. The average Bonchev–Trinajstić information content (AvgIpc) is 2.18. The van der Waals surface area contributed by atoms with Crippen molar-refractivity contribution in [2.24, 2.45) is 21.7 Å². The molecule has 14 heavy (non-hydrogen) atoms. The lowest BCUT2D eigenvalue weighted by Crippen LogP contribution is -2.21. The van der Waals surface area contributed by atoms with E-state index in [1.165, 1.54) is 6.21 Å². The third-order valence-corrected chi connectivity index (χ3v) is 1.41. The predicted molar refractivity (Wildman–Crippen MR) is 59.8 cm³/mol. The molecule has 0 fully saturated rings. The van der Waals surface area contributed by atoms with Gasteiger partial charge in [0.25, 0.3) is 0 Å². The lowest BCUT2D eigenvalue weighted by atomic mass is 10.2. The van der Waals surface area contributed by atoms with E-state index in [2.05, 4.69) is 10.2 Å². The van der Waals surface area contributed by atoms with Crippen molar-refractivity contribution >= 4 is 18.3 Å². The highest BCUT2D eigenvalue weighted by molar-refractivity contribution is 5.80. The van der Waals surface area contributed by atoms with Gasteiger partial charge in [0.1, 0.15) is 0 Å². The summed E-state index contributed by atoms with van der Waals surface area (Å²) in [6.07, 6.45) is 5.19. The minimum Gasteiger partial charge on any atom is -0.369 e. The van der Waals surface area contributed by atoms with E-state index in [-0.39, 0.29) is 5.96 Å². The highest BCUT2D eigenvalue weighted by atomic mass is 15.3. The van der Waals surface area contributed by atoms with Crippen LogP contribution in [-0.4, -0.2) is 12.2 Å². The summed E-state index contributed by atoms with van der Waals surface area (Å²) in [5.41, 5.74) is 11.3. The minimum atomic E-state index is -0.0469. The van der Waals surface area contributed by atoms with Crippen LogP contribution >= 0.6 is 0 Å². The number of hydrogen-bond acceptors (Lipinski definition) is 2. The second kappa shape index (κ2) is 5.53. The van der Waals surface area contributed by atoms with E-state index in [1.54, 1.807) is 6.08 Å². The Morgan fingerprint density at radius 1 is 1.14 bits per heavy atom. The first kappa shape index (κ1) is 9.98. The van der Waals surface area contributed by atoms with Crippen LogP contribution in [0.4, 0.5) is 0 Å². The summed E-state index contributed by atoms with van der Waals surface area (Å²) in [5.74, 6) is -0.0469. The van der Waals surface area contributed by atoms with Gasteiger partial charge in [-0.3, -0.25) is 0 Å². The molecule has 0 heterocycles. The fourth-order valence-corrected chi connectivity index (χ4v) is 0.857. The molecule has 0 aromatic heterocycles. The number of benzene rings is 1. The van der Waals surface area contributed by atoms with Crippen molar-refractivity contribution in [1.82, 2.24) is 0 Å². The van der Waals surface area contributed by atoms with Crippen molar-refractivity contribution in [3.63, 3.8) is 0 Å². The molecule has 4 nitrogen and oxygen atoms in total. The van der Waals surface area contributed by atoms with Crippen LogP contribution in [-0.2, 0) is 0 Å². The Morgan fingerprint density at radius 2 is 1.86 bits per heavy atom. The molecular formula is C10H12N4. The number of hydrogen-bond donors (Lipinski definition) is 2. The van der Waals surface area contributed by atoms with Gasteiger partial charge in [0, 0.05) is 6.21 Å². The lowest BCUT2D eigenvalue weighted by Gasteiger charge is -1.87. The Labute approximate surface area is 82.6 Å². The quantitative estimate of drug-likeness (QED) is 0.421. The molecule has 72 valence electrons.